The highest BCUT2D eigenvalue weighted by Gasteiger charge is 2.29. The Morgan fingerprint density at radius 2 is 1.74 bits per heavy atom. The fourth-order valence-electron chi connectivity index (χ4n) is 3.83. The van der Waals surface area contributed by atoms with Crippen LogP contribution in [0.4, 0.5) is 0 Å². The van der Waals surface area contributed by atoms with Crippen molar-refractivity contribution in [1.82, 2.24) is 9.88 Å². The van der Waals surface area contributed by atoms with Crippen LogP contribution in [0.3, 0.4) is 0 Å². The molecule has 0 saturated carbocycles. The Morgan fingerprint density at radius 1 is 1.04 bits per heavy atom. The van der Waals surface area contributed by atoms with Gasteiger partial charge in [0.2, 0.25) is 11.8 Å². The number of pyridine rings is 1. The highest BCUT2D eigenvalue weighted by Crippen LogP contribution is 2.22. The maximum absolute atomic E-state index is 11.9. The van der Waals surface area contributed by atoms with Gasteiger partial charge in [0.05, 0.1) is 5.35 Å². The minimum Gasteiger partial charge on any atom is -0.278 e. The van der Waals surface area contributed by atoms with Crippen LogP contribution in [0.2, 0.25) is 0 Å². The predicted octanol–water partition coefficient (Wildman–Crippen LogP) is 2.35. The number of likely N-dealkylation sites (tertiary alicyclic amines) is 1. The molecule has 1 aromatic heterocycles. The largest absolute Gasteiger partial charge is 0.278 e. The molecule has 4 heteroatoms. The number of hydrogen-bond donors (Lipinski definition) is 0. The molecule has 1 aromatic carbocycles. The number of amides is 2. The summed E-state index contributed by atoms with van der Waals surface area (Å²) in [4.78, 5) is 29.8. The Morgan fingerprint density at radius 3 is 2.48 bits per heavy atom. The van der Waals surface area contributed by atoms with Crippen molar-refractivity contribution >= 4 is 24.0 Å². The van der Waals surface area contributed by atoms with E-state index in [4.69, 9.17) is 0 Å². The minimum atomic E-state index is -0.101. The molecule has 2 heterocycles. The van der Waals surface area contributed by atoms with Crippen LogP contribution in [-0.4, -0.2) is 28.2 Å². The first kappa shape index (κ1) is 17.4. The summed E-state index contributed by atoms with van der Waals surface area (Å²) in [5, 5.41) is 2.20. The van der Waals surface area contributed by atoms with E-state index in [1.54, 1.807) is 0 Å². The number of rotatable bonds is 5. The van der Waals surface area contributed by atoms with Crippen molar-refractivity contribution in [3.05, 3.63) is 64.8 Å². The molecule has 2 aliphatic rings. The lowest BCUT2D eigenvalue weighted by molar-refractivity contribution is -0.137. The molecule has 2 amide bonds. The van der Waals surface area contributed by atoms with E-state index in [0.29, 0.717) is 25.8 Å². The average Bonchev–Trinajstić information content (AvgIpc) is 3.00. The molecular formula is C23H22N2O2. The second-order valence-corrected chi connectivity index (χ2v) is 7.11. The molecule has 4 rings (SSSR count). The lowest BCUT2D eigenvalue weighted by atomic mass is 9.93. The topological polar surface area (TPSA) is 50.3 Å². The maximum Gasteiger partial charge on any atom is 0.229 e. The maximum atomic E-state index is 11.9. The number of imide groups is 1. The van der Waals surface area contributed by atoms with Gasteiger partial charge in [0.25, 0.3) is 0 Å². The molecule has 2 aromatic rings. The zero-order valence-corrected chi connectivity index (χ0v) is 15.3. The van der Waals surface area contributed by atoms with Crippen molar-refractivity contribution in [2.75, 3.05) is 6.54 Å². The Bertz CT molecular complexity index is 1020. The number of nitrogens with zero attached hydrogens (tertiary/aromatic N) is 2. The van der Waals surface area contributed by atoms with E-state index >= 15 is 0 Å². The van der Waals surface area contributed by atoms with Gasteiger partial charge in [-0.25, -0.2) is 0 Å². The van der Waals surface area contributed by atoms with Crippen molar-refractivity contribution in [3.63, 3.8) is 0 Å². The summed E-state index contributed by atoms with van der Waals surface area (Å²) < 4.78 is 0. The van der Waals surface area contributed by atoms with Gasteiger partial charge in [0.15, 0.2) is 0 Å². The summed E-state index contributed by atoms with van der Waals surface area (Å²) >= 11 is 0. The number of hydrogen-bond acceptors (Lipinski definition) is 3. The van der Waals surface area contributed by atoms with Gasteiger partial charge >= 0.3 is 0 Å². The Labute approximate surface area is 158 Å². The van der Waals surface area contributed by atoms with Gasteiger partial charge in [-0.1, -0.05) is 54.6 Å². The zero-order valence-electron chi connectivity index (χ0n) is 15.3. The van der Waals surface area contributed by atoms with Crippen molar-refractivity contribution in [1.29, 1.82) is 0 Å². The van der Waals surface area contributed by atoms with Crippen LogP contribution in [0.1, 0.15) is 31.2 Å². The molecule has 0 radical (unpaired) electrons. The predicted molar refractivity (Wildman–Crippen MR) is 106 cm³/mol. The molecule has 1 aliphatic carbocycles. The van der Waals surface area contributed by atoms with Gasteiger partial charge in [0.1, 0.15) is 0 Å². The van der Waals surface area contributed by atoms with E-state index in [2.05, 4.69) is 35.8 Å². The summed E-state index contributed by atoms with van der Waals surface area (Å²) in [5.41, 5.74) is 4.25. The van der Waals surface area contributed by atoms with Gasteiger partial charge in [-0.2, -0.15) is 0 Å². The molecule has 1 saturated heterocycles. The number of fused-ring (bicyclic) bond motifs is 1. The lowest BCUT2D eigenvalue weighted by Gasteiger charge is -2.18. The molecule has 1 aliphatic heterocycles. The summed E-state index contributed by atoms with van der Waals surface area (Å²) in [7, 11) is 0. The normalized spacial score (nSPS) is 15.9. The molecule has 0 N–H and O–H groups in total. The number of aromatic nitrogens is 1. The fourth-order valence-corrected chi connectivity index (χ4v) is 3.83. The van der Waals surface area contributed by atoms with Gasteiger partial charge in [-0.15, -0.1) is 0 Å². The first-order valence-electron chi connectivity index (χ1n) is 9.37. The minimum absolute atomic E-state index is 0.101. The van der Waals surface area contributed by atoms with Crippen LogP contribution < -0.4 is 10.6 Å². The first-order chi connectivity index (χ1) is 13.1. The van der Waals surface area contributed by atoms with E-state index < -0.39 is 0 Å². The fraction of sp³-hybridized carbons (Fsp3) is 0.261. The Balaban J connectivity index is 1.70. The third-order valence-corrected chi connectivity index (χ3v) is 5.12. The Kier molecular flexibility index (Phi) is 4.71. The van der Waals surface area contributed by atoms with E-state index in [0.717, 1.165) is 34.9 Å². The quantitative estimate of drug-likeness (QED) is 0.609. The third-order valence-electron chi connectivity index (χ3n) is 5.12. The van der Waals surface area contributed by atoms with Crippen LogP contribution in [0.25, 0.3) is 23.3 Å². The molecule has 27 heavy (non-hydrogen) atoms. The monoisotopic (exact) mass is 358 g/mol. The van der Waals surface area contributed by atoms with Crippen molar-refractivity contribution < 1.29 is 9.59 Å². The molecule has 1 fully saturated rings. The number of carbonyl (C=O) groups is 2. The summed E-state index contributed by atoms with van der Waals surface area (Å²) in [6.07, 6.45) is 9.59. The summed E-state index contributed by atoms with van der Waals surface area (Å²) in [6, 6.07) is 10.3. The lowest BCUT2D eigenvalue weighted by Crippen LogP contribution is -2.34. The molecule has 0 bridgehead atoms. The first-order valence-corrected chi connectivity index (χ1v) is 9.37. The molecular weight excluding hydrogens is 336 g/mol. The van der Waals surface area contributed by atoms with E-state index in [9.17, 15) is 9.59 Å². The van der Waals surface area contributed by atoms with Crippen LogP contribution in [0.15, 0.2) is 48.7 Å². The van der Waals surface area contributed by atoms with Gasteiger partial charge < -0.3 is 0 Å². The molecule has 136 valence electrons. The molecule has 4 nitrogen and oxygen atoms in total. The van der Waals surface area contributed by atoms with E-state index in [-0.39, 0.29) is 11.8 Å². The van der Waals surface area contributed by atoms with Crippen molar-refractivity contribution in [2.45, 2.75) is 32.1 Å². The van der Waals surface area contributed by atoms with E-state index in [1.807, 2.05) is 24.4 Å². The summed E-state index contributed by atoms with van der Waals surface area (Å²) in [5.74, 6) is -0.202. The summed E-state index contributed by atoms with van der Waals surface area (Å²) in [6.45, 7) is 4.43. The zero-order chi connectivity index (χ0) is 18.8. The standard InChI is InChI=1S/C23H22N2O2/c1-16(15-25-21(26)11-12-22(25)27)13-18-14-24-20-10-6-5-9-19(20)23(18)17-7-3-2-4-8-17/h2-4,7-10,14H,1,5-6,11-13,15H2. The van der Waals surface area contributed by atoms with Gasteiger partial charge in [-0.3, -0.25) is 19.5 Å². The second kappa shape index (κ2) is 7.31. The van der Waals surface area contributed by atoms with Crippen LogP contribution in [0, 0.1) is 0 Å². The Hall–Kier alpha value is -3.01. The molecule has 0 atom stereocenters. The highest BCUT2D eigenvalue weighted by atomic mass is 16.2. The van der Waals surface area contributed by atoms with E-state index in [1.165, 1.54) is 15.7 Å². The average molecular weight is 358 g/mol. The van der Waals surface area contributed by atoms with Crippen molar-refractivity contribution in [2.24, 2.45) is 0 Å². The van der Waals surface area contributed by atoms with Gasteiger partial charge in [0, 0.05) is 30.8 Å². The smallest absolute Gasteiger partial charge is 0.229 e. The number of carbonyl (C=O) groups excluding carboxylic acids is 2. The third kappa shape index (κ3) is 3.47. The van der Waals surface area contributed by atoms with Crippen molar-refractivity contribution in [3.8, 4) is 11.1 Å². The van der Waals surface area contributed by atoms with Crippen LogP contribution >= 0.6 is 0 Å². The number of benzene rings is 1. The van der Waals surface area contributed by atoms with Gasteiger partial charge in [-0.05, 0) is 36.0 Å². The molecule has 0 spiro atoms. The molecule has 0 unspecified atom stereocenters. The van der Waals surface area contributed by atoms with Crippen LogP contribution in [0.5, 0.6) is 0 Å². The highest BCUT2D eigenvalue weighted by molar-refractivity contribution is 6.02. The second-order valence-electron chi connectivity index (χ2n) is 7.11. The SMILES string of the molecule is C=C(Cc1cnc2c(c1-c1ccccc1)=CCCC=2)CN1C(=O)CCC1=O. The van der Waals surface area contributed by atoms with Crippen LogP contribution in [-0.2, 0) is 16.0 Å².